The molecule has 0 radical (unpaired) electrons. The van der Waals surface area contributed by atoms with Gasteiger partial charge in [0.05, 0.1) is 12.7 Å². The van der Waals surface area contributed by atoms with Crippen molar-refractivity contribution in [3.05, 3.63) is 0 Å². The summed E-state index contributed by atoms with van der Waals surface area (Å²) >= 11 is 0. The van der Waals surface area contributed by atoms with Gasteiger partial charge in [-0.15, -0.1) is 0 Å². The number of unbranched alkanes of at least 4 members (excludes halogenated alkanes) is 3. The number of hydrogen-bond acceptors (Lipinski definition) is 3. The van der Waals surface area contributed by atoms with E-state index in [1.807, 2.05) is 0 Å². The van der Waals surface area contributed by atoms with E-state index < -0.39 is 0 Å². The van der Waals surface area contributed by atoms with Crippen LogP contribution in [0.15, 0.2) is 0 Å². The van der Waals surface area contributed by atoms with Crippen molar-refractivity contribution in [1.82, 2.24) is 4.90 Å². The van der Waals surface area contributed by atoms with Crippen molar-refractivity contribution < 1.29 is 9.84 Å². The van der Waals surface area contributed by atoms with Gasteiger partial charge in [0.2, 0.25) is 0 Å². The molecule has 1 atom stereocenters. The summed E-state index contributed by atoms with van der Waals surface area (Å²) in [6.07, 6.45) is 6.75. The summed E-state index contributed by atoms with van der Waals surface area (Å²) in [5.74, 6) is 0. The minimum absolute atomic E-state index is 0.337. The summed E-state index contributed by atoms with van der Waals surface area (Å²) in [6, 6.07) is 0. The van der Waals surface area contributed by atoms with E-state index in [1.165, 1.54) is 25.7 Å². The summed E-state index contributed by atoms with van der Waals surface area (Å²) in [5.41, 5.74) is 0. The van der Waals surface area contributed by atoms with Crippen LogP contribution in [0.25, 0.3) is 0 Å². The first-order valence-corrected chi connectivity index (χ1v) is 7.72. The lowest BCUT2D eigenvalue weighted by Gasteiger charge is -2.24. The van der Waals surface area contributed by atoms with Gasteiger partial charge in [-0.2, -0.15) is 0 Å². The molecule has 0 heterocycles. The molecule has 3 nitrogen and oxygen atoms in total. The third-order valence-electron chi connectivity index (χ3n) is 3.08. The molecule has 0 spiro atoms. The highest BCUT2D eigenvalue weighted by molar-refractivity contribution is 4.64. The Morgan fingerprint density at radius 2 is 1.50 bits per heavy atom. The van der Waals surface area contributed by atoms with E-state index >= 15 is 0 Å². The molecular formula is C15H33NO2. The van der Waals surface area contributed by atoms with Crippen LogP contribution >= 0.6 is 0 Å². The van der Waals surface area contributed by atoms with Gasteiger partial charge in [0, 0.05) is 13.2 Å². The lowest BCUT2D eigenvalue weighted by molar-refractivity contribution is 0.0154. The third-order valence-corrected chi connectivity index (χ3v) is 3.08. The fourth-order valence-electron chi connectivity index (χ4n) is 1.87. The van der Waals surface area contributed by atoms with E-state index in [2.05, 4.69) is 25.7 Å². The van der Waals surface area contributed by atoms with Crippen LogP contribution in [0.4, 0.5) is 0 Å². The molecule has 0 aromatic rings. The van der Waals surface area contributed by atoms with Crippen molar-refractivity contribution in [1.29, 1.82) is 0 Å². The van der Waals surface area contributed by atoms with Crippen molar-refractivity contribution in [2.24, 2.45) is 0 Å². The standard InChI is InChI=1S/C15H33NO2/c1-4-7-10-16(11-8-5-2)13-15(17)14-18-12-9-6-3/h15,17H,4-14H2,1-3H3. The molecule has 0 saturated heterocycles. The summed E-state index contributed by atoms with van der Waals surface area (Å²) in [5, 5.41) is 9.95. The Kier molecular flexibility index (Phi) is 13.2. The molecule has 0 aliphatic heterocycles. The predicted octanol–water partition coefficient (Wildman–Crippen LogP) is 3.07. The molecule has 0 aliphatic rings. The average molecular weight is 259 g/mol. The Morgan fingerprint density at radius 3 is 2.00 bits per heavy atom. The van der Waals surface area contributed by atoms with E-state index in [1.54, 1.807) is 0 Å². The molecule has 0 aromatic heterocycles. The molecule has 0 aromatic carbocycles. The van der Waals surface area contributed by atoms with Gasteiger partial charge < -0.3 is 14.7 Å². The van der Waals surface area contributed by atoms with Crippen LogP contribution in [0.5, 0.6) is 0 Å². The van der Waals surface area contributed by atoms with Crippen LogP contribution in [0.3, 0.4) is 0 Å². The molecule has 1 unspecified atom stereocenters. The van der Waals surface area contributed by atoms with Crippen molar-refractivity contribution in [3.63, 3.8) is 0 Å². The van der Waals surface area contributed by atoms with Crippen molar-refractivity contribution >= 4 is 0 Å². The summed E-state index contributed by atoms with van der Waals surface area (Å²) in [7, 11) is 0. The number of ether oxygens (including phenoxy) is 1. The minimum Gasteiger partial charge on any atom is -0.389 e. The monoisotopic (exact) mass is 259 g/mol. The summed E-state index contributed by atoms with van der Waals surface area (Å²) in [6.45, 7) is 10.8. The molecule has 0 rings (SSSR count). The van der Waals surface area contributed by atoms with Crippen LogP contribution in [0, 0.1) is 0 Å². The maximum absolute atomic E-state index is 9.95. The normalized spacial score (nSPS) is 13.2. The van der Waals surface area contributed by atoms with Gasteiger partial charge in [-0.25, -0.2) is 0 Å². The minimum atomic E-state index is -0.337. The number of hydrogen-bond donors (Lipinski definition) is 1. The van der Waals surface area contributed by atoms with E-state index in [0.29, 0.717) is 6.61 Å². The quantitative estimate of drug-likeness (QED) is 0.516. The first-order chi connectivity index (χ1) is 8.74. The van der Waals surface area contributed by atoms with Gasteiger partial charge in [0.25, 0.3) is 0 Å². The zero-order valence-electron chi connectivity index (χ0n) is 12.7. The number of aliphatic hydroxyl groups excluding tert-OH is 1. The van der Waals surface area contributed by atoms with E-state index in [0.717, 1.165) is 39.1 Å². The molecule has 0 fully saturated rings. The second-order valence-electron chi connectivity index (χ2n) is 5.09. The van der Waals surface area contributed by atoms with Crippen LogP contribution in [-0.2, 0) is 4.74 Å². The van der Waals surface area contributed by atoms with Crippen LogP contribution in [0.1, 0.15) is 59.3 Å². The molecule has 18 heavy (non-hydrogen) atoms. The third kappa shape index (κ3) is 11.0. The van der Waals surface area contributed by atoms with Crippen LogP contribution in [-0.4, -0.2) is 49.0 Å². The highest BCUT2D eigenvalue weighted by atomic mass is 16.5. The second-order valence-corrected chi connectivity index (χ2v) is 5.09. The Bertz CT molecular complexity index is 157. The molecule has 0 amide bonds. The SMILES string of the molecule is CCCCOCC(O)CN(CCCC)CCCC. The topological polar surface area (TPSA) is 32.7 Å². The first kappa shape index (κ1) is 17.9. The maximum atomic E-state index is 9.95. The van der Waals surface area contributed by atoms with Crippen LogP contribution in [0.2, 0.25) is 0 Å². The predicted molar refractivity (Wildman–Crippen MR) is 78.0 cm³/mol. The number of rotatable bonds is 13. The number of nitrogens with zero attached hydrogens (tertiary/aromatic N) is 1. The Morgan fingerprint density at radius 1 is 0.944 bits per heavy atom. The Hall–Kier alpha value is -0.120. The fourth-order valence-corrected chi connectivity index (χ4v) is 1.87. The molecule has 0 bridgehead atoms. The highest BCUT2D eigenvalue weighted by Gasteiger charge is 2.11. The van der Waals surface area contributed by atoms with Gasteiger partial charge in [-0.1, -0.05) is 40.0 Å². The molecule has 0 aliphatic carbocycles. The Balaban J connectivity index is 3.74. The van der Waals surface area contributed by atoms with E-state index in [-0.39, 0.29) is 6.10 Å². The van der Waals surface area contributed by atoms with Crippen molar-refractivity contribution in [2.75, 3.05) is 32.8 Å². The zero-order chi connectivity index (χ0) is 13.6. The molecular weight excluding hydrogens is 226 g/mol. The van der Waals surface area contributed by atoms with Crippen molar-refractivity contribution in [3.8, 4) is 0 Å². The summed E-state index contributed by atoms with van der Waals surface area (Å²) in [4.78, 5) is 2.38. The maximum Gasteiger partial charge on any atom is 0.0900 e. The lowest BCUT2D eigenvalue weighted by atomic mass is 10.2. The molecule has 3 heteroatoms. The van der Waals surface area contributed by atoms with E-state index in [9.17, 15) is 5.11 Å². The fraction of sp³-hybridized carbons (Fsp3) is 1.00. The smallest absolute Gasteiger partial charge is 0.0900 e. The van der Waals surface area contributed by atoms with Gasteiger partial charge >= 0.3 is 0 Å². The van der Waals surface area contributed by atoms with Gasteiger partial charge in [0.15, 0.2) is 0 Å². The largest absolute Gasteiger partial charge is 0.389 e. The Labute approximate surface area is 114 Å². The highest BCUT2D eigenvalue weighted by Crippen LogP contribution is 2.01. The van der Waals surface area contributed by atoms with Crippen LogP contribution < -0.4 is 0 Å². The average Bonchev–Trinajstić information content (AvgIpc) is 2.38. The van der Waals surface area contributed by atoms with Gasteiger partial charge in [0.1, 0.15) is 0 Å². The first-order valence-electron chi connectivity index (χ1n) is 7.72. The molecule has 110 valence electrons. The lowest BCUT2D eigenvalue weighted by Crippen LogP contribution is -2.36. The number of aliphatic hydroxyl groups is 1. The van der Waals surface area contributed by atoms with Gasteiger partial charge in [-0.05, 0) is 32.4 Å². The second kappa shape index (κ2) is 13.3. The van der Waals surface area contributed by atoms with Crippen molar-refractivity contribution in [2.45, 2.75) is 65.4 Å². The zero-order valence-corrected chi connectivity index (χ0v) is 12.7. The van der Waals surface area contributed by atoms with E-state index in [4.69, 9.17) is 4.74 Å². The van der Waals surface area contributed by atoms with Gasteiger partial charge in [-0.3, -0.25) is 0 Å². The molecule has 0 saturated carbocycles. The summed E-state index contributed by atoms with van der Waals surface area (Å²) < 4.78 is 5.47. The molecule has 1 N–H and O–H groups in total.